The van der Waals surface area contributed by atoms with Gasteiger partial charge in [0, 0.05) is 0 Å². The van der Waals surface area contributed by atoms with Crippen molar-refractivity contribution < 1.29 is 4.79 Å². The smallest absolute Gasteiger partial charge is 0.261 e. The van der Waals surface area contributed by atoms with Crippen LogP contribution in [0, 0.1) is 13.8 Å². The van der Waals surface area contributed by atoms with Crippen molar-refractivity contribution in [2.75, 3.05) is 0 Å². The second kappa shape index (κ2) is 7.52. The monoisotopic (exact) mass is 349 g/mol. The van der Waals surface area contributed by atoms with E-state index < -0.39 is 0 Å². The van der Waals surface area contributed by atoms with Crippen molar-refractivity contribution in [2.45, 2.75) is 39.8 Å². The van der Waals surface area contributed by atoms with Crippen LogP contribution in [0.3, 0.4) is 0 Å². The predicted molar refractivity (Wildman–Crippen MR) is 103 cm³/mol. The van der Waals surface area contributed by atoms with Gasteiger partial charge >= 0.3 is 0 Å². The molecule has 0 aliphatic carbocycles. The summed E-state index contributed by atoms with van der Waals surface area (Å²) in [5.41, 5.74) is 2.70. The molecule has 1 atom stereocenters. The van der Waals surface area contributed by atoms with Crippen LogP contribution >= 0.6 is 0 Å². The van der Waals surface area contributed by atoms with E-state index in [-0.39, 0.29) is 24.1 Å². The maximum Gasteiger partial charge on any atom is 0.261 e. The standard InChI is InChI=1S/C21H23N3O2/c1-4-18(16-11-9-14(2)10-12-16)23-20(25)13-24-15(3)22-19-8-6-5-7-17(19)21(24)26/h5-12,18H,4,13H2,1-3H3,(H,23,25)/t18-/m0/s1. The largest absolute Gasteiger partial charge is 0.348 e. The van der Waals surface area contributed by atoms with Crippen molar-refractivity contribution in [3.8, 4) is 0 Å². The third kappa shape index (κ3) is 3.67. The highest BCUT2D eigenvalue weighted by Gasteiger charge is 2.15. The minimum atomic E-state index is -0.195. The van der Waals surface area contributed by atoms with Crippen LogP contribution in [0.2, 0.25) is 0 Å². The lowest BCUT2D eigenvalue weighted by Crippen LogP contribution is -2.35. The highest BCUT2D eigenvalue weighted by molar-refractivity contribution is 5.79. The van der Waals surface area contributed by atoms with Gasteiger partial charge in [-0.3, -0.25) is 14.2 Å². The Morgan fingerprint density at radius 3 is 2.50 bits per heavy atom. The quantitative estimate of drug-likeness (QED) is 0.769. The van der Waals surface area contributed by atoms with Crippen LogP contribution in [0.1, 0.15) is 36.3 Å². The molecule has 1 heterocycles. The van der Waals surface area contributed by atoms with Gasteiger partial charge in [0.2, 0.25) is 5.91 Å². The predicted octanol–water partition coefficient (Wildman–Crippen LogP) is 3.28. The van der Waals surface area contributed by atoms with E-state index in [0.29, 0.717) is 16.7 Å². The molecule has 2 aromatic carbocycles. The van der Waals surface area contributed by atoms with Crippen molar-refractivity contribution in [2.24, 2.45) is 0 Å². The van der Waals surface area contributed by atoms with Crippen LogP contribution in [0.15, 0.2) is 53.3 Å². The van der Waals surface area contributed by atoms with Gasteiger partial charge in [0.25, 0.3) is 5.56 Å². The molecular weight excluding hydrogens is 326 g/mol. The number of carbonyl (C=O) groups is 1. The molecule has 0 bridgehead atoms. The SMILES string of the molecule is CC[C@H](NC(=O)Cn1c(C)nc2ccccc2c1=O)c1ccc(C)cc1. The number of fused-ring (bicyclic) bond motifs is 1. The lowest BCUT2D eigenvalue weighted by atomic mass is 10.0. The first-order valence-electron chi connectivity index (χ1n) is 8.81. The maximum atomic E-state index is 12.7. The van der Waals surface area contributed by atoms with Crippen molar-refractivity contribution >= 4 is 16.8 Å². The van der Waals surface area contributed by atoms with Crippen LogP contribution in [0.4, 0.5) is 0 Å². The molecule has 1 amide bonds. The zero-order valence-corrected chi connectivity index (χ0v) is 15.3. The molecule has 0 spiro atoms. The fourth-order valence-electron chi connectivity index (χ4n) is 3.07. The van der Waals surface area contributed by atoms with Crippen LogP contribution in [-0.2, 0) is 11.3 Å². The van der Waals surface area contributed by atoms with E-state index in [1.54, 1.807) is 25.1 Å². The number of aromatic nitrogens is 2. The molecule has 0 aliphatic rings. The lowest BCUT2D eigenvalue weighted by Gasteiger charge is -2.19. The molecule has 26 heavy (non-hydrogen) atoms. The second-order valence-electron chi connectivity index (χ2n) is 6.51. The zero-order valence-electron chi connectivity index (χ0n) is 15.3. The molecule has 0 fully saturated rings. The van der Waals surface area contributed by atoms with Gasteiger partial charge < -0.3 is 5.32 Å². The second-order valence-corrected chi connectivity index (χ2v) is 6.51. The first kappa shape index (κ1) is 17.9. The van der Waals surface area contributed by atoms with Crippen LogP contribution in [-0.4, -0.2) is 15.5 Å². The lowest BCUT2D eigenvalue weighted by molar-refractivity contribution is -0.122. The molecule has 134 valence electrons. The Morgan fingerprint density at radius 2 is 1.81 bits per heavy atom. The summed E-state index contributed by atoms with van der Waals surface area (Å²) in [5, 5.41) is 3.55. The van der Waals surface area contributed by atoms with Crippen LogP contribution in [0.25, 0.3) is 10.9 Å². The first-order valence-corrected chi connectivity index (χ1v) is 8.81. The van der Waals surface area contributed by atoms with E-state index in [1.807, 2.05) is 44.2 Å². The molecule has 0 unspecified atom stereocenters. The summed E-state index contributed by atoms with van der Waals surface area (Å²) in [4.78, 5) is 29.7. The summed E-state index contributed by atoms with van der Waals surface area (Å²) in [6.07, 6.45) is 0.776. The molecule has 3 aromatic rings. The minimum Gasteiger partial charge on any atom is -0.348 e. The maximum absolute atomic E-state index is 12.7. The third-order valence-electron chi connectivity index (χ3n) is 4.58. The minimum absolute atomic E-state index is 0.0368. The number of carbonyl (C=O) groups excluding carboxylic acids is 1. The number of aryl methyl sites for hydroxylation is 2. The van der Waals surface area contributed by atoms with E-state index in [1.165, 1.54) is 10.1 Å². The molecule has 1 N–H and O–H groups in total. The Morgan fingerprint density at radius 1 is 1.12 bits per heavy atom. The average molecular weight is 349 g/mol. The Labute approximate surface area is 152 Å². The van der Waals surface area contributed by atoms with E-state index in [0.717, 1.165) is 12.0 Å². The summed E-state index contributed by atoms with van der Waals surface area (Å²) >= 11 is 0. The van der Waals surface area contributed by atoms with Crippen molar-refractivity contribution in [1.29, 1.82) is 0 Å². The zero-order chi connectivity index (χ0) is 18.7. The molecule has 1 aromatic heterocycles. The van der Waals surface area contributed by atoms with Gasteiger partial charge in [-0.2, -0.15) is 0 Å². The molecule has 5 heteroatoms. The summed E-state index contributed by atoms with van der Waals surface area (Å²) in [7, 11) is 0. The summed E-state index contributed by atoms with van der Waals surface area (Å²) in [5.74, 6) is 0.340. The number of nitrogens with zero attached hydrogens (tertiary/aromatic N) is 2. The number of amides is 1. The summed E-state index contributed by atoms with van der Waals surface area (Å²) in [6, 6.07) is 15.2. The molecule has 0 radical (unpaired) electrons. The third-order valence-corrected chi connectivity index (χ3v) is 4.58. The normalized spacial score (nSPS) is 12.1. The van der Waals surface area contributed by atoms with Crippen molar-refractivity contribution in [3.05, 3.63) is 75.8 Å². The fourth-order valence-corrected chi connectivity index (χ4v) is 3.07. The molecule has 0 saturated heterocycles. The average Bonchev–Trinajstić information content (AvgIpc) is 2.64. The van der Waals surface area contributed by atoms with Gasteiger partial charge in [0.05, 0.1) is 16.9 Å². The Balaban J connectivity index is 1.82. The van der Waals surface area contributed by atoms with E-state index in [9.17, 15) is 9.59 Å². The van der Waals surface area contributed by atoms with Gasteiger partial charge in [0.15, 0.2) is 0 Å². The van der Waals surface area contributed by atoms with Gasteiger partial charge in [-0.05, 0) is 38.0 Å². The van der Waals surface area contributed by atoms with E-state index >= 15 is 0 Å². The highest BCUT2D eigenvalue weighted by Crippen LogP contribution is 2.17. The Kier molecular flexibility index (Phi) is 5.16. The fraction of sp³-hybridized carbons (Fsp3) is 0.286. The van der Waals surface area contributed by atoms with Crippen LogP contribution in [0.5, 0.6) is 0 Å². The summed E-state index contributed by atoms with van der Waals surface area (Å²) < 4.78 is 1.43. The topological polar surface area (TPSA) is 64.0 Å². The highest BCUT2D eigenvalue weighted by atomic mass is 16.2. The summed E-state index contributed by atoms with van der Waals surface area (Å²) in [6.45, 7) is 5.77. The first-order chi connectivity index (χ1) is 12.5. The van der Waals surface area contributed by atoms with Crippen LogP contribution < -0.4 is 10.9 Å². The number of hydrogen-bond acceptors (Lipinski definition) is 3. The van der Waals surface area contributed by atoms with Gasteiger partial charge in [0.1, 0.15) is 12.4 Å². The van der Waals surface area contributed by atoms with Crippen molar-refractivity contribution in [1.82, 2.24) is 14.9 Å². The Bertz CT molecular complexity index is 990. The van der Waals surface area contributed by atoms with E-state index in [2.05, 4.69) is 10.3 Å². The number of para-hydroxylation sites is 1. The molecule has 3 rings (SSSR count). The Hall–Kier alpha value is -2.95. The number of nitrogens with one attached hydrogen (secondary N) is 1. The van der Waals surface area contributed by atoms with Crippen molar-refractivity contribution in [3.63, 3.8) is 0 Å². The van der Waals surface area contributed by atoms with Gasteiger partial charge in [-0.15, -0.1) is 0 Å². The molecule has 0 saturated carbocycles. The molecular formula is C21H23N3O2. The number of hydrogen-bond donors (Lipinski definition) is 1. The number of benzene rings is 2. The van der Waals surface area contributed by atoms with Gasteiger partial charge in [-0.1, -0.05) is 48.9 Å². The molecule has 5 nitrogen and oxygen atoms in total. The van der Waals surface area contributed by atoms with Gasteiger partial charge in [-0.25, -0.2) is 4.98 Å². The van der Waals surface area contributed by atoms with E-state index in [4.69, 9.17) is 0 Å². The molecule has 0 aliphatic heterocycles. The number of rotatable bonds is 5.